The molecule has 1 unspecified atom stereocenters. The number of carbonyl (C=O) groups is 3. The van der Waals surface area contributed by atoms with E-state index in [1.54, 1.807) is 29.4 Å². The Morgan fingerprint density at radius 2 is 1.51 bits per heavy atom. The largest absolute Gasteiger partial charge is 0.472 e. The van der Waals surface area contributed by atoms with Crippen LogP contribution in [0.4, 0.5) is 11.9 Å². The van der Waals surface area contributed by atoms with Gasteiger partial charge in [0.05, 0.1) is 24.2 Å². The number of aryl methyl sites for hydroxylation is 1. The first-order valence-electron chi connectivity index (χ1n) is 15.6. The standard InChI is InChI=1S/C18H18N6O3.C16H15N5O/c25-16(21-18-20-15(22-23-18)14-5-1-2-7-19-14)12-4-3-8-24(10-12)17(26)13-6-9-27-11-13;1-11-6-2-3-7-12(11)10-14(22)18-16-19-15(20-21-16)13-8-4-5-9-17-13/h1-2,5-7,9,11-12H,3-4,8,10H2,(H2,20,21,22,23,25);2-9H,10H2,1H3,(H2,18,19,20,21,22). The van der Waals surface area contributed by atoms with Gasteiger partial charge in [-0.15, -0.1) is 10.2 Å². The van der Waals surface area contributed by atoms with E-state index in [9.17, 15) is 14.4 Å². The highest BCUT2D eigenvalue weighted by Gasteiger charge is 2.30. The minimum atomic E-state index is -0.314. The molecule has 0 radical (unpaired) electrons. The second-order valence-corrected chi connectivity index (χ2v) is 11.2. The van der Waals surface area contributed by atoms with Gasteiger partial charge in [-0.1, -0.05) is 36.4 Å². The Kier molecular flexibility index (Phi) is 10.2. The summed E-state index contributed by atoms with van der Waals surface area (Å²) in [5.74, 6) is 0.645. The van der Waals surface area contributed by atoms with Crippen LogP contribution in [0.25, 0.3) is 23.0 Å². The number of piperidine rings is 1. The molecule has 0 bridgehead atoms. The zero-order valence-electron chi connectivity index (χ0n) is 26.5. The first-order chi connectivity index (χ1) is 23.9. The highest BCUT2D eigenvalue weighted by molar-refractivity contribution is 5.95. The van der Waals surface area contributed by atoms with Crippen LogP contribution in [0.2, 0.25) is 0 Å². The third-order valence-corrected chi connectivity index (χ3v) is 7.73. The maximum atomic E-state index is 12.6. The molecule has 49 heavy (non-hydrogen) atoms. The number of nitrogens with zero attached hydrogens (tertiary/aromatic N) is 7. The van der Waals surface area contributed by atoms with Gasteiger partial charge in [-0.05, 0) is 61.2 Å². The van der Waals surface area contributed by atoms with Crippen LogP contribution in [0.5, 0.6) is 0 Å². The monoisotopic (exact) mass is 659 g/mol. The normalized spacial score (nSPS) is 14.0. The second kappa shape index (κ2) is 15.4. The third kappa shape index (κ3) is 8.45. The van der Waals surface area contributed by atoms with Gasteiger partial charge in [0.2, 0.25) is 23.7 Å². The Hall–Kier alpha value is -6.51. The van der Waals surface area contributed by atoms with Crippen LogP contribution in [-0.4, -0.2) is 76.0 Å². The van der Waals surface area contributed by atoms with Crippen LogP contribution in [0.15, 0.2) is 96.1 Å². The maximum absolute atomic E-state index is 12.6. The van der Waals surface area contributed by atoms with E-state index in [0.29, 0.717) is 54.5 Å². The number of amides is 3. The fourth-order valence-corrected chi connectivity index (χ4v) is 5.18. The molecule has 1 saturated heterocycles. The number of rotatable bonds is 8. The number of aromatic nitrogens is 8. The third-order valence-electron chi connectivity index (χ3n) is 7.73. The SMILES string of the molecule is Cc1ccccc1CC(=O)Nc1n[nH]c(-c2ccccn2)n1.O=C(Nc1n[nH]c(-c2ccccn2)n1)C1CCCN(C(=O)c2ccoc2)C1. The van der Waals surface area contributed by atoms with E-state index in [2.05, 4.69) is 51.0 Å². The van der Waals surface area contributed by atoms with Crippen molar-refractivity contribution in [2.24, 2.45) is 5.92 Å². The number of likely N-dealkylation sites (tertiary alicyclic amines) is 1. The van der Waals surface area contributed by atoms with E-state index in [-0.39, 0.29) is 35.5 Å². The van der Waals surface area contributed by atoms with E-state index < -0.39 is 0 Å². The summed E-state index contributed by atoms with van der Waals surface area (Å²) in [6.45, 7) is 2.96. The van der Waals surface area contributed by atoms with E-state index in [4.69, 9.17) is 4.42 Å². The molecule has 15 nitrogen and oxygen atoms in total. The fourth-order valence-electron chi connectivity index (χ4n) is 5.18. The molecule has 1 fully saturated rings. The van der Waals surface area contributed by atoms with Crippen molar-refractivity contribution in [1.29, 1.82) is 0 Å². The number of furan rings is 1. The van der Waals surface area contributed by atoms with Crippen LogP contribution in [0.3, 0.4) is 0 Å². The van der Waals surface area contributed by atoms with Crippen molar-refractivity contribution in [3.63, 3.8) is 0 Å². The Morgan fingerprint density at radius 1 is 0.857 bits per heavy atom. The number of aromatic amines is 2. The van der Waals surface area contributed by atoms with E-state index >= 15 is 0 Å². The van der Waals surface area contributed by atoms with Gasteiger partial charge in [-0.25, -0.2) is 0 Å². The van der Waals surface area contributed by atoms with Crippen molar-refractivity contribution in [3.8, 4) is 23.0 Å². The smallest absolute Gasteiger partial charge is 0.257 e. The quantitative estimate of drug-likeness (QED) is 0.182. The Morgan fingerprint density at radius 3 is 2.12 bits per heavy atom. The molecule has 1 aromatic carbocycles. The summed E-state index contributed by atoms with van der Waals surface area (Å²) in [6, 6.07) is 20.4. The summed E-state index contributed by atoms with van der Waals surface area (Å²) in [6.07, 6.45) is 7.97. The zero-order chi connectivity index (χ0) is 34.0. The molecule has 4 N–H and O–H groups in total. The molecular weight excluding hydrogens is 626 g/mol. The van der Waals surface area contributed by atoms with E-state index in [1.807, 2.05) is 61.5 Å². The molecule has 5 aromatic heterocycles. The fraction of sp³-hybridized carbons (Fsp3) is 0.206. The Bertz CT molecular complexity index is 1990. The highest BCUT2D eigenvalue weighted by atomic mass is 16.3. The summed E-state index contributed by atoms with van der Waals surface area (Å²) in [5, 5.41) is 18.9. The lowest BCUT2D eigenvalue weighted by molar-refractivity contribution is -0.121. The van der Waals surface area contributed by atoms with Gasteiger partial charge in [0.15, 0.2) is 11.6 Å². The summed E-state index contributed by atoms with van der Waals surface area (Å²) >= 11 is 0. The lowest BCUT2D eigenvalue weighted by Crippen LogP contribution is -2.43. The van der Waals surface area contributed by atoms with Crippen molar-refractivity contribution in [1.82, 2.24) is 45.2 Å². The number of pyridine rings is 2. The second-order valence-electron chi connectivity index (χ2n) is 11.2. The minimum absolute atomic E-state index is 0.128. The van der Waals surface area contributed by atoms with Crippen LogP contribution in [-0.2, 0) is 16.0 Å². The molecule has 248 valence electrons. The van der Waals surface area contributed by atoms with Crippen molar-refractivity contribution in [3.05, 3.63) is 108 Å². The molecule has 1 atom stereocenters. The van der Waals surface area contributed by atoms with Gasteiger partial charge in [-0.3, -0.25) is 45.2 Å². The number of nitrogens with one attached hydrogen (secondary N) is 4. The van der Waals surface area contributed by atoms with Crippen molar-refractivity contribution in [2.45, 2.75) is 26.2 Å². The lowest BCUT2D eigenvalue weighted by Gasteiger charge is -2.31. The average molecular weight is 660 g/mol. The summed E-state index contributed by atoms with van der Waals surface area (Å²) in [7, 11) is 0. The molecule has 0 saturated carbocycles. The summed E-state index contributed by atoms with van der Waals surface area (Å²) < 4.78 is 4.97. The first kappa shape index (κ1) is 32.4. The van der Waals surface area contributed by atoms with Gasteiger partial charge in [0.1, 0.15) is 17.7 Å². The molecule has 1 aliphatic heterocycles. The molecule has 6 heterocycles. The highest BCUT2D eigenvalue weighted by Crippen LogP contribution is 2.21. The number of hydrogen-bond acceptors (Lipinski definition) is 10. The van der Waals surface area contributed by atoms with Gasteiger partial charge in [0.25, 0.3) is 5.91 Å². The van der Waals surface area contributed by atoms with Gasteiger partial charge in [-0.2, -0.15) is 9.97 Å². The molecular formula is C34H33N11O4. The van der Waals surface area contributed by atoms with Crippen molar-refractivity contribution >= 4 is 29.6 Å². The topological polar surface area (TPSA) is 201 Å². The average Bonchev–Trinajstić information content (AvgIpc) is 3.94. The van der Waals surface area contributed by atoms with Crippen molar-refractivity contribution < 1.29 is 18.8 Å². The van der Waals surface area contributed by atoms with Crippen LogP contribution >= 0.6 is 0 Å². The summed E-state index contributed by atoms with van der Waals surface area (Å²) in [4.78, 5) is 55.6. The summed E-state index contributed by atoms with van der Waals surface area (Å²) in [5.41, 5.74) is 3.88. The number of hydrogen-bond donors (Lipinski definition) is 4. The van der Waals surface area contributed by atoms with Gasteiger partial charge >= 0.3 is 0 Å². The lowest BCUT2D eigenvalue weighted by atomic mass is 9.96. The molecule has 15 heteroatoms. The minimum Gasteiger partial charge on any atom is -0.472 e. The van der Waals surface area contributed by atoms with E-state index in [1.165, 1.54) is 12.5 Å². The van der Waals surface area contributed by atoms with Crippen LogP contribution in [0, 0.1) is 12.8 Å². The first-order valence-corrected chi connectivity index (χ1v) is 15.6. The Balaban J connectivity index is 0.000000174. The van der Waals surface area contributed by atoms with E-state index in [0.717, 1.165) is 17.5 Å². The number of anilines is 2. The van der Waals surface area contributed by atoms with Crippen LogP contribution in [0.1, 0.15) is 34.3 Å². The maximum Gasteiger partial charge on any atom is 0.257 e. The van der Waals surface area contributed by atoms with Gasteiger partial charge < -0.3 is 9.32 Å². The number of benzene rings is 1. The van der Waals surface area contributed by atoms with Gasteiger partial charge in [0, 0.05) is 25.5 Å². The number of carbonyl (C=O) groups excluding carboxylic acids is 3. The predicted molar refractivity (Wildman–Crippen MR) is 179 cm³/mol. The molecule has 0 aliphatic carbocycles. The number of H-pyrrole nitrogens is 2. The van der Waals surface area contributed by atoms with Crippen LogP contribution < -0.4 is 10.6 Å². The predicted octanol–water partition coefficient (Wildman–Crippen LogP) is 4.31. The molecule has 7 rings (SSSR count). The Labute approximate surface area is 280 Å². The zero-order valence-corrected chi connectivity index (χ0v) is 26.5. The van der Waals surface area contributed by atoms with Crippen molar-refractivity contribution in [2.75, 3.05) is 23.7 Å². The molecule has 3 amide bonds. The molecule has 1 aliphatic rings. The molecule has 6 aromatic rings. The molecule has 0 spiro atoms.